The van der Waals surface area contributed by atoms with Gasteiger partial charge >= 0.3 is 0 Å². The average molecular weight is 617 g/mol. The zero-order valence-corrected chi connectivity index (χ0v) is 23.6. The number of thioether (sulfide) groups is 2. The molecule has 1 nitrogen and oxygen atoms in total. The molecule has 0 fully saturated rings. The number of benzene rings is 4. The van der Waals surface area contributed by atoms with Crippen molar-refractivity contribution < 1.29 is 17.6 Å². The van der Waals surface area contributed by atoms with Gasteiger partial charge < -0.3 is 0 Å². The molecule has 1 heterocycles. The largest absolute Gasteiger partial charge is 0.259 e. The summed E-state index contributed by atoms with van der Waals surface area (Å²) in [5.74, 6) is -2.27. The van der Waals surface area contributed by atoms with Gasteiger partial charge in [0.05, 0.1) is 16.2 Å². The van der Waals surface area contributed by atoms with Crippen molar-refractivity contribution in [2.45, 2.75) is 20.3 Å². The Bertz CT molecular complexity index is 1490. The molecule has 0 bridgehead atoms. The number of hydrogen-bond donors (Lipinski definition) is 0. The predicted molar refractivity (Wildman–Crippen MR) is 155 cm³/mol. The van der Waals surface area contributed by atoms with Gasteiger partial charge in [0.25, 0.3) is 0 Å². The van der Waals surface area contributed by atoms with E-state index in [2.05, 4.69) is 4.98 Å². The van der Waals surface area contributed by atoms with Gasteiger partial charge in [0.1, 0.15) is 23.3 Å². The standard InChI is InChI=1S/C31H19Cl2F4NS2/c32-19-2-8-23(9-3-19)39-30(25-15-21(34)6-12-27(25)36)18-1-14-29(38-17-18)31(26-16-22(35)7-13-28(26)37)40-24-10-4-20(33)5-11-24/h1-17,30-31H. The molecule has 4 aromatic carbocycles. The van der Waals surface area contributed by atoms with Gasteiger partial charge in [0, 0.05) is 37.2 Å². The fourth-order valence-corrected chi connectivity index (χ4v) is 6.58. The Hall–Kier alpha value is -2.97. The number of aromatic nitrogens is 1. The number of pyridine rings is 1. The second kappa shape index (κ2) is 12.7. The van der Waals surface area contributed by atoms with E-state index in [1.54, 1.807) is 66.9 Å². The van der Waals surface area contributed by atoms with Gasteiger partial charge in [-0.05, 0) is 96.6 Å². The van der Waals surface area contributed by atoms with Crippen molar-refractivity contribution in [2.24, 2.45) is 0 Å². The summed E-state index contributed by atoms with van der Waals surface area (Å²) < 4.78 is 58.3. The van der Waals surface area contributed by atoms with Crippen LogP contribution in [0.25, 0.3) is 0 Å². The van der Waals surface area contributed by atoms with Crippen LogP contribution in [-0.4, -0.2) is 4.98 Å². The molecule has 0 amide bonds. The minimum Gasteiger partial charge on any atom is -0.259 e. The highest BCUT2D eigenvalue weighted by atomic mass is 35.5. The maximum Gasteiger partial charge on any atom is 0.128 e. The van der Waals surface area contributed by atoms with E-state index in [0.717, 1.165) is 46.2 Å². The molecule has 0 saturated carbocycles. The third kappa shape index (κ3) is 6.84. The molecule has 2 atom stereocenters. The summed E-state index contributed by atoms with van der Waals surface area (Å²) >= 11 is 14.7. The molecule has 5 rings (SSSR count). The van der Waals surface area contributed by atoms with Gasteiger partial charge in [-0.25, -0.2) is 17.6 Å². The van der Waals surface area contributed by atoms with E-state index in [1.165, 1.54) is 23.5 Å². The van der Waals surface area contributed by atoms with Gasteiger partial charge in [-0.3, -0.25) is 4.98 Å². The third-order valence-corrected chi connectivity index (χ3v) is 9.08. The first-order chi connectivity index (χ1) is 19.3. The molecule has 2 unspecified atom stereocenters. The highest BCUT2D eigenvalue weighted by molar-refractivity contribution is 8.00. The second-order valence-electron chi connectivity index (χ2n) is 8.75. The normalized spacial score (nSPS) is 12.8. The lowest BCUT2D eigenvalue weighted by Gasteiger charge is -2.21. The maximum atomic E-state index is 14.9. The fourth-order valence-electron chi connectivity index (χ4n) is 4.05. The van der Waals surface area contributed by atoms with Gasteiger partial charge in [-0.15, -0.1) is 23.5 Å². The van der Waals surface area contributed by atoms with Crippen LogP contribution in [0.2, 0.25) is 10.0 Å². The second-order valence-corrected chi connectivity index (χ2v) is 12.0. The topological polar surface area (TPSA) is 12.9 Å². The van der Waals surface area contributed by atoms with Crippen LogP contribution in [0, 0.1) is 23.3 Å². The highest BCUT2D eigenvalue weighted by Gasteiger charge is 2.25. The van der Waals surface area contributed by atoms with Crippen LogP contribution in [0.4, 0.5) is 17.6 Å². The number of hydrogen-bond acceptors (Lipinski definition) is 3. The van der Waals surface area contributed by atoms with Gasteiger partial charge in [-0.1, -0.05) is 29.3 Å². The van der Waals surface area contributed by atoms with Crippen LogP contribution in [0.5, 0.6) is 0 Å². The lowest BCUT2D eigenvalue weighted by molar-refractivity contribution is 0.586. The van der Waals surface area contributed by atoms with Crippen LogP contribution in [0.3, 0.4) is 0 Å². The van der Waals surface area contributed by atoms with E-state index in [1.807, 2.05) is 0 Å². The van der Waals surface area contributed by atoms with E-state index >= 15 is 0 Å². The van der Waals surface area contributed by atoms with Gasteiger partial charge in [0.15, 0.2) is 0 Å². The number of nitrogens with zero attached hydrogens (tertiary/aromatic N) is 1. The molecule has 0 N–H and O–H groups in total. The van der Waals surface area contributed by atoms with E-state index < -0.39 is 33.8 Å². The molecule has 40 heavy (non-hydrogen) atoms. The van der Waals surface area contributed by atoms with Crippen molar-refractivity contribution in [3.05, 3.63) is 159 Å². The number of rotatable bonds is 8. The zero-order valence-electron chi connectivity index (χ0n) is 20.5. The Morgan fingerprint density at radius 1 is 0.550 bits per heavy atom. The summed E-state index contributed by atoms with van der Waals surface area (Å²) in [6.45, 7) is 0. The van der Waals surface area contributed by atoms with Crippen molar-refractivity contribution in [3.63, 3.8) is 0 Å². The molecule has 9 heteroatoms. The first-order valence-electron chi connectivity index (χ1n) is 12.0. The highest BCUT2D eigenvalue weighted by Crippen LogP contribution is 2.44. The molecule has 1 aromatic heterocycles. The summed E-state index contributed by atoms with van der Waals surface area (Å²) in [6.07, 6.45) is 1.56. The quantitative estimate of drug-likeness (QED) is 0.127. The zero-order chi connectivity index (χ0) is 28.2. The minimum atomic E-state index is -0.695. The summed E-state index contributed by atoms with van der Waals surface area (Å²) in [7, 11) is 0. The summed E-state index contributed by atoms with van der Waals surface area (Å²) in [6, 6.07) is 24.1. The van der Waals surface area contributed by atoms with E-state index in [4.69, 9.17) is 23.2 Å². The average Bonchev–Trinajstić information content (AvgIpc) is 2.95. The minimum absolute atomic E-state index is 0.128. The Morgan fingerprint density at radius 2 is 1.02 bits per heavy atom. The molecule has 202 valence electrons. The lowest BCUT2D eigenvalue weighted by Crippen LogP contribution is -2.06. The molecule has 0 saturated heterocycles. The molecule has 0 aliphatic heterocycles. The van der Waals surface area contributed by atoms with E-state index in [9.17, 15) is 17.6 Å². The molecular weight excluding hydrogens is 597 g/mol. The van der Waals surface area contributed by atoms with Crippen molar-refractivity contribution in [3.8, 4) is 0 Å². The summed E-state index contributed by atoms with van der Waals surface area (Å²) in [5, 5.41) is -0.238. The molecule has 5 aromatic rings. The predicted octanol–water partition coefficient (Wildman–Crippen LogP) is 10.7. The van der Waals surface area contributed by atoms with Crippen LogP contribution < -0.4 is 0 Å². The maximum absolute atomic E-state index is 14.9. The Balaban J connectivity index is 1.55. The number of halogens is 6. The molecule has 0 spiro atoms. The van der Waals surface area contributed by atoms with Gasteiger partial charge in [-0.2, -0.15) is 0 Å². The monoisotopic (exact) mass is 615 g/mol. The molecule has 0 radical (unpaired) electrons. The SMILES string of the molecule is Fc1ccc(F)c(C(Sc2ccc(Cl)cc2)c2ccc(C(Sc3ccc(Cl)cc3)c3cc(F)ccc3F)nc2)c1. The van der Waals surface area contributed by atoms with Crippen LogP contribution >= 0.6 is 46.7 Å². The summed E-state index contributed by atoms with van der Waals surface area (Å²) in [5.41, 5.74) is 1.34. The van der Waals surface area contributed by atoms with Gasteiger partial charge in [0.2, 0.25) is 0 Å². The fraction of sp³-hybridized carbons (Fsp3) is 0.0645. The van der Waals surface area contributed by atoms with Crippen LogP contribution in [0.1, 0.15) is 32.9 Å². The Kier molecular flexibility index (Phi) is 9.06. The van der Waals surface area contributed by atoms with Crippen molar-refractivity contribution in [1.29, 1.82) is 0 Å². The van der Waals surface area contributed by atoms with Crippen LogP contribution in [-0.2, 0) is 0 Å². The molecule has 0 aliphatic carbocycles. The van der Waals surface area contributed by atoms with E-state index in [-0.39, 0.29) is 11.1 Å². The first-order valence-corrected chi connectivity index (χ1v) is 14.5. The lowest BCUT2D eigenvalue weighted by atomic mass is 10.0. The van der Waals surface area contributed by atoms with E-state index in [0.29, 0.717) is 21.3 Å². The summed E-state index contributed by atoms with van der Waals surface area (Å²) in [4.78, 5) is 6.18. The van der Waals surface area contributed by atoms with Crippen molar-refractivity contribution in [1.82, 2.24) is 4.98 Å². The smallest absolute Gasteiger partial charge is 0.128 e. The molecule has 0 aliphatic rings. The van der Waals surface area contributed by atoms with Crippen molar-refractivity contribution >= 4 is 46.7 Å². The van der Waals surface area contributed by atoms with Crippen LogP contribution in [0.15, 0.2) is 113 Å². The Morgan fingerprint density at radius 3 is 1.50 bits per heavy atom. The third-order valence-electron chi connectivity index (χ3n) is 6.00. The van der Waals surface area contributed by atoms with Crippen molar-refractivity contribution in [2.75, 3.05) is 0 Å². The molecular formula is C31H19Cl2F4NS2. The first kappa shape index (κ1) is 28.6. The Labute approximate surface area is 247 Å².